The molecule has 84 valence electrons. The molecule has 1 aromatic heterocycles. The lowest BCUT2D eigenvalue weighted by Crippen LogP contribution is -2.21. The zero-order chi connectivity index (χ0) is 10.5. The monoisotopic (exact) mass is 209 g/mol. The summed E-state index contributed by atoms with van der Waals surface area (Å²) >= 11 is 0. The molecule has 0 unspecified atom stereocenters. The summed E-state index contributed by atoms with van der Waals surface area (Å²) in [5.41, 5.74) is 0.913. The van der Waals surface area contributed by atoms with Gasteiger partial charge in [-0.3, -0.25) is 0 Å². The molecule has 1 aliphatic heterocycles. The summed E-state index contributed by atoms with van der Waals surface area (Å²) in [4.78, 5) is 6.54. The third kappa shape index (κ3) is 2.79. The molecule has 2 heterocycles. The summed E-state index contributed by atoms with van der Waals surface area (Å²) in [7, 11) is 0. The SMILES string of the molecule is OCc1cncn1CCCN1CCCC1. The number of hydrogen-bond acceptors (Lipinski definition) is 3. The third-order valence-electron chi connectivity index (χ3n) is 3.03. The number of aliphatic hydroxyl groups excluding tert-OH is 1. The van der Waals surface area contributed by atoms with E-state index in [1.54, 1.807) is 12.5 Å². The van der Waals surface area contributed by atoms with Crippen LogP contribution in [0.1, 0.15) is 25.0 Å². The van der Waals surface area contributed by atoms with Crippen molar-refractivity contribution in [2.75, 3.05) is 19.6 Å². The van der Waals surface area contributed by atoms with Crippen molar-refractivity contribution in [2.45, 2.75) is 32.4 Å². The predicted molar refractivity (Wildman–Crippen MR) is 58.4 cm³/mol. The molecule has 0 atom stereocenters. The highest BCUT2D eigenvalue weighted by Crippen LogP contribution is 2.08. The van der Waals surface area contributed by atoms with Crippen LogP contribution in [0.3, 0.4) is 0 Å². The van der Waals surface area contributed by atoms with Crippen LogP contribution in [-0.4, -0.2) is 39.2 Å². The van der Waals surface area contributed by atoms with Gasteiger partial charge in [-0.1, -0.05) is 0 Å². The molecule has 2 rings (SSSR count). The minimum Gasteiger partial charge on any atom is -0.390 e. The van der Waals surface area contributed by atoms with E-state index < -0.39 is 0 Å². The molecular formula is C11H19N3O. The number of imidazole rings is 1. The molecule has 1 aliphatic rings. The second kappa shape index (κ2) is 5.28. The maximum atomic E-state index is 9.05. The zero-order valence-corrected chi connectivity index (χ0v) is 9.10. The number of nitrogens with zero attached hydrogens (tertiary/aromatic N) is 3. The van der Waals surface area contributed by atoms with Crippen LogP contribution in [0.2, 0.25) is 0 Å². The molecule has 0 amide bonds. The summed E-state index contributed by atoms with van der Waals surface area (Å²) in [6, 6.07) is 0. The maximum absolute atomic E-state index is 9.05. The Bertz CT molecular complexity index is 292. The predicted octanol–water partition coefficient (Wildman–Crippen LogP) is 0.861. The highest BCUT2D eigenvalue weighted by Gasteiger charge is 2.10. The van der Waals surface area contributed by atoms with E-state index in [4.69, 9.17) is 5.11 Å². The topological polar surface area (TPSA) is 41.3 Å². The Morgan fingerprint density at radius 2 is 2.07 bits per heavy atom. The summed E-state index contributed by atoms with van der Waals surface area (Å²) in [6.07, 6.45) is 7.38. The van der Waals surface area contributed by atoms with Gasteiger partial charge in [0.1, 0.15) is 0 Å². The first-order valence-corrected chi connectivity index (χ1v) is 5.72. The van der Waals surface area contributed by atoms with Crippen molar-refractivity contribution in [3.8, 4) is 0 Å². The normalized spacial score (nSPS) is 17.4. The summed E-state index contributed by atoms with van der Waals surface area (Å²) < 4.78 is 2.04. The molecule has 1 N–H and O–H groups in total. The lowest BCUT2D eigenvalue weighted by atomic mass is 10.3. The van der Waals surface area contributed by atoms with E-state index in [9.17, 15) is 0 Å². The van der Waals surface area contributed by atoms with Gasteiger partial charge in [-0.25, -0.2) is 4.98 Å². The zero-order valence-electron chi connectivity index (χ0n) is 9.10. The van der Waals surface area contributed by atoms with Gasteiger partial charge in [-0.2, -0.15) is 0 Å². The lowest BCUT2D eigenvalue weighted by Gasteiger charge is -2.14. The van der Waals surface area contributed by atoms with Gasteiger partial charge in [0, 0.05) is 6.54 Å². The number of rotatable bonds is 5. The number of aryl methyl sites for hydroxylation is 1. The summed E-state index contributed by atoms with van der Waals surface area (Å²) in [5.74, 6) is 0. The Hall–Kier alpha value is -0.870. The molecule has 1 aromatic rings. The van der Waals surface area contributed by atoms with Gasteiger partial charge in [-0.05, 0) is 38.9 Å². The second-order valence-corrected chi connectivity index (χ2v) is 4.14. The van der Waals surface area contributed by atoms with E-state index in [2.05, 4.69) is 9.88 Å². The summed E-state index contributed by atoms with van der Waals surface area (Å²) in [5, 5.41) is 9.05. The molecule has 0 bridgehead atoms. The van der Waals surface area contributed by atoms with Crippen LogP contribution in [0.5, 0.6) is 0 Å². The van der Waals surface area contributed by atoms with Crippen LogP contribution in [0.15, 0.2) is 12.5 Å². The Labute approximate surface area is 90.5 Å². The van der Waals surface area contributed by atoms with Gasteiger partial charge >= 0.3 is 0 Å². The number of aliphatic hydroxyl groups is 1. The van der Waals surface area contributed by atoms with Crippen LogP contribution in [-0.2, 0) is 13.2 Å². The van der Waals surface area contributed by atoms with E-state index >= 15 is 0 Å². The quantitative estimate of drug-likeness (QED) is 0.782. The van der Waals surface area contributed by atoms with E-state index in [1.807, 2.05) is 4.57 Å². The minimum absolute atomic E-state index is 0.0870. The fourth-order valence-corrected chi connectivity index (χ4v) is 2.15. The van der Waals surface area contributed by atoms with Crippen molar-refractivity contribution in [1.29, 1.82) is 0 Å². The average Bonchev–Trinajstić information content (AvgIpc) is 2.88. The van der Waals surface area contributed by atoms with E-state index in [-0.39, 0.29) is 6.61 Å². The first-order chi connectivity index (χ1) is 7.40. The Morgan fingerprint density at radius 3 is 2.80 bits per heavy atom. The van der Waals surface area contributed by atoms with Crippen LogP contribution >= 0.6 is 0 Å². The molecule has 0 spiro atoms. The van der Waals surface area contributed by atoms with Gasteiger partial charge < -0.3 is 14.6 Å². The molecular weight excluding hydrogens is 190 g/mol. The van der Waals surface area contributed by atoms with E-state index in [0.717, 1.165) is 18.7 Å². The first kappa shape index (κ1) is 10.6. The van der Waals surface area contributed by atoms with E-state index in [0.29, 0.717) is 0 Å². The van der Waals surface area contributed by atoms with Gasteiger partial charge in [0.05, 0.1) is 24.8 Å². The van der Waals surface area contributed by atoms with Crippen molar-refractivity contribution >= 4 is 0 Å². The highest BCUT2D eigenvalue weighted by atomic mass is 16.3. The Morgan fingerprint density at radius 1 is 1.27 bits per heavy atom. The fourth-order valence-electron chi connectivity index (χ4n) is 2.15. The molecule has 0 aromatic carbocycles. The van der Waals surface area contributed by atoms with Crippen molar-refractivity contribution in [2.24, 2.45) is 0 Å². The van der Waals surface area contributed by atoms with Gasteiger partial charge in [-0.15, -0.1) is 0 Å². The van der Waals surface area contributed by atoms with Crippen LogP contribution in [0.25, 0.3) is 0 Å². The smallest absolute Gasteiger partial charge is 0.0948 e. The molecule has 4 heteroatoms. The standard InChI is InChI=1S/C11H19N3O/c15-9-11-8-12-10-14(11)7-3-6-13-4-1-2-5-13/h8,10,15H,1-7,9H2. The largest absolute Gasteiger partial charge is 0.390 e. The molecule has 15 heavy (non-hydrogen) atoms. The maximum Gasteiger partial charge on any atom is 0.0948 e. The van der Waals surface area contributed by atoms with Crippen LogP contribution in [0.4, 0.5) is 0 Å². The number of hydrogen-bond donors (Lipinski definition) is 1. The second-order valence-electron chi connectivity index (χ2n) is 4.14. The number of aromatic nitrogens is 2. The molecule has 1 saturated heterocycles. The molecule has 4 nitrogen and oxygen atoms in total. The Balaban J connectivity index is 1.73. The molecule has 0 saturated carbocycles. The first-order valence-electron chi connectivity index (χ1n) is 5.72. The highest BCUT2D eigenvalue weighted by molar-refractivity contribution is 4.95. The number of likely N-dealkylation sites (tertiary alicyclic amines) is 1. The van der Waals surface area contributed by atoms with Crippen molar-refractivity contribution in [1.82, 2.24) is 14.5 Å². The Kier molecular flexibility index (Phi) is 3.75. The van der Waals surface area contributed by atoms with Crippen molar-refractivity contribution in [3.63, 3.8) is 0 Å². The van der Waals surface area contributed by atoms with Crippen LogP contribution in [0, 0.1) is 0 Å². The summed E-state index contributed by atoms with van der Waals surface area (Å²) in [6.45, 7) is 4.74. The molecule has 1 fully saturated rings. The van der Waals surface area contributed by atoms with Gasteiger partial charge in [0.25, 0.3) is 0 Å². The van der Waals surface area contributed by atoms with Crippen molar-refractivity contribution < 1.29 is 5.11 Å². The average molecular weight is 209 g/mol. The van der Waals surface area contributed by atoms with E-state index in [1.165, 1.54) is 32.5 Å². The van der Waals surface area contributed by atoms with Crippen molar-refractivity contribution in [3.05, 3.63) is 18.2 Å². The lowest BCUT2D eigenvalue weighted by molar-refractivity contribution is 0.267. The van der Waals surface area contributed by atoms with Gasteiger partial charge in [0.2, 0.25) is 0 Å². The fraction of sp³-hybridized carbons (Fsp3) is 0.727. The van der Waals surface area contributed by atoms with Crippen LogP contribution < -0.4 is 0 Å². The van der Waals surface area contributed by atoms with Gasteiger partial charge in [0.15, 0.2) is 0 Å². The minimum atomic E-state index is 0.0870. The molecule has 0 radical (unpaired) electrons. The molecule has 0 aliphatic carbocycles. The third-order valence-corrected chi connectivity index (χ3v) is 3.03.